The van der Waals surface area contributed by atoms with Crippen molar-refractivity contribution in [2.45, 2.75) is 45.3 Å². The molecular formula is C29H31FN6O3. The normalized spacial score (nSPS) is 15.7. The predicted molar refractivity (Wildman–Crippen MR) is 148 cm³/mol. The highest BCUT2D eigenvalue weighted by molar-refractivity contribution is 5.97. The summed E-state index contributed by atoms with van der Waals surface area (Å²) in [6, 6.07) is 13.5. The molecule has 1 fully saturated rings. The number of amides is 1. The summed E-state index contributed by atoms with van der Waals surface area (Å²) in [5.74, 6) is 0.116. The Morgan fingerprint density at radius 2 is 1.92 bits per heavy atom. The molecule has 1 aliphatic heterocycles. The van der Waals surface area contributed by atoms with Gasteiger partial charge in [0, 0.05) is 48.0 Å². The summed E-state index contributed by atoms with van der Waals surface area (Å²) in [6.45, 7) is 6.67. The minimum absolute atomic E-state index is 0.0385. The number of nitrogens with zero attached hydrogens (tertiary/aromatic N) is 4. The number of benzene rings is 2. The SMILES string of the molecule is CC(C)(C)OC(=O)N1CCCC(Nc2nccc(-c3cccnc3Oc3c(F)ccc4c(N)cccc34)n2)C1. The number of carbonyl (C=O) groups is 1. The number of fused-ring (bicyclic) bond motifs is 1. The van der Waals surface area contributed by atoms with E-state index in [-0.39, 0.29) is 23.8 Å². The number of nitrogens with one attached hydrogen (secondary N) is 1. The number of nitrogens with two attached hydrogens (primary N) is 1. The van der Waals surface area contributed by atoms with E-state index in [4.69, 9.17) is 15.2 Å². The van der Waals surface area contributed by atoms with E-state index in [0.29, 0.717) is 46.8 Å². The van der Waals surface area contributed by atoms with E-state index in [9.17, 15) is 9.18 Å². The lowest BCUT2D eigenvalue weighted by molar-refractivity contribution is 0.0206. The summed E-state index contributed by atoms with van der Waals surface area (Å²) in [7, 11) is 0. The molecule has 0 saturated carbocycles. The van der Waals surface area contributed by atoms with Crippen LogP contribution in [-0.2, 0) is 4.74 Å². The lowest BCUT2D eigenvalue weighted by Gasteiger charge is -2.34. The monoisotopic (exact) mass is 530 g/mol. The third kappa shape index (κ3) is 6.00. The van der Waals surface area contributed by atoms with E-state index in [2.05, 4.69) is 20.3 Å². The molecule has 4 aromatic rings. The van der Waals surface area contributed by atoms with Crippen LogP contribution in [0.4, 0.5) is 20.8 Å². The van der Waals surface area contributed by atoms with Crippen LogP contribution in [-0.4, -0.2) is 50.7 Å². The van der Waals surface area contributed by atoms with Crippen molar-refractivity contribution in [1.29, 1.82) is 0 Å². The van der Waals surface area contributed by atoms with Crippen LogP contribution in [0.3, 0.4) is 0 Å². The maximum Gasteiger partial charge on any atom is 0.410 e. The number of likely N-dealkylation sites (tertiary alicyclic amines) is 1. The number of carbonyl (C=O) groups excluding carboxylic acids is 1. The molecule has 5 rings (SSSR count). The smallest absolute Gasteiger partial charge is 0.410 e. The van der Waals surface area contributed by atoms with Gasteiger partial charge in [0.2, 0.25) is 11.8 Å². The molecule has 1 amide bonds. The largest absolute Gasteiger partial charge is 0.444 e. The van der Waals surface area contributed by atoms with Crippen LogP contribution in [0, 0.1) is 5.82 Å². The highest BCUT2D eigenvalue weighted by Crippen LogP contribution is 2.37. The molecule has 1 atom stereocenters. The zero-order chi connectivity index (χ0) is 27.6. The van der Waals surface area contributed by atoms with Crippen molar-refractivity contribution in [3.05, 3.63) is 66.7 Å². The van der Waals surface area contributed by atoms with Gasteiger partial charge in [0.25, 0.3) is 0 Å². The first-order chi connectivity index (χ1) is 18.7. The Morgan fingerprint density at radius 3 is 2.74 bits per heavy atom. The molecule has 1 unspecified atom stereocenters. The maximum atomic E-state index is 14.9. The molecular weight excluding hydrogens is 499 g/mol. The number of rotatable bonds is 5. The summed E-state index contributed by atoms with van der Waals surface area (Å²) in [5, 5.41) is 4.57. The zero-order valence-corrected chi connectivity index (χ0v) is 22.1. The van der Waals surface area contributed by atoms with Crippen molar-refractivity contribution in [3.8, 4) is 22.9 Å². The Balaban J connectivity index is 1.38. The molecule has 202 valence electrons. The van der Waals surface area contributed by atoms with Gasteiger partial charge in [-0.3, -0.25) is 0 Å². The summed E-state index contributed by atoms with van der Waals surface area (Å²) >= 11 is 0. The molecule has 0 bridgehead atoms. The topological polar surface area (TPSA) is 115 Å². The number of pyridine rings is 1. The molecule has 0 aliphatic carbocycles. The van der Waals surface area contributed by atoms with Gasteiger partial charge in [0.1, 0.15) is 5.60 Å². The standard InChI is InChI=1S/C29H31FN6O3/c1-29(2,3)39-28(37)36-16-6-7-18(17-36)34-27-33-15-13-24(35-27)21-9-5-14-32-26(21)38-25-20-8-4-10-23(31)19(20)11-12-22(25)30/h4-5,8-15,18H,6-7,16-17,31H2,1-3H3,(H,33,34,35). The van der Waals surface area contributed by atoms with E-state index in [1.54, 1.807) is 59.8 Å². The lowest BCUT2D eigenvalue weighted by Crippen LogP contribution is -2.47. The van der Waals surface area contributed by atoms with Gasteiger partial charge in [-0.25, -0.2) is 24.1 Å². The number of aromatic nitrogens is 3. The molecule has 3 heterocycles. The fourth-order valence-corrected chi connectivity index (χ4v) is 4.54. The quantitative estimate of drug-likeness (QED) is 0.301. The van der Waals surface area contributed by atoms with Gasteiger partial charge in [0.05, 0.1) is 11.3 Å². The molecule has 2 aromatic heterocycles. The summed E-state index contributed by atoms with van der Waals surface area (Å²) < 4.78 is 26.5. The van der Waals surface area contributed by atoms with E-state index < -0.39 is 11.4 Å². The molecule has 1 aliphatic rings. The Morgan fingerprint density at radius 1 is 1.08 bits per heavy atom. The van der Waals surface area contributed by atoms with Crippen LogP contribution in [0.1, 0.15) is 33.6 Å². The summed E-state index contributed by atoms with van der Waals surface area (Å²) in [5.41, 5.74) is 7.18. The molecule has 0 radical (unpaired) electrons. The van der Waals surface area contributed by atoms with Gasteiger partial charge < -0.3 is 25.4 Å². The second kappa shape index (κ2) is 10.7. The van der Waals surface area contributed by atoms with Crippen LogP contribution in [0.25, 0.3) is 22.0 Å². The van der Waals surface area contributed by atoms with E-state index in [0.717, 1.165) is 12.8 Å². The first kappa shape index (κ1) is 26.1. The minimum atomic E-state index is -0.556. The number of ether oxygens (including phenoxy) is 2. The molecule has 2 aromatic carbocycles. The van der Waals surface area contributed by atoms with Crippen LogP contribution in [0.2, 0.25) is 0 Å². The third-order valence-electron chi connectivity index (χ3n) is 6.31. The van der Waals surface area contributed by atoms with Crippen LogP contribution in [0.15, 0.2) is 60.9 Å². The highest BCUT2D eigenvalue weighted by atomic mass is 19.1. The van der Waals surface area contributed by atoms with E-state index in [1.165, 1.54) is 6.07 Å². The van der Waals surface area contributed by atoms with Crippen LogP contribution in [0.5, 0.6) is 11.6 Å². The number of hydrogen-bond donors (Lipinski definition) is 2. The average molecular weight is 531 g/mol. The van der Waals surface area contributed by atoms with Crippen molar-refractivity contribution in [3.63, 3.8) is 0 Å². The molecule has 39 heavy (non-hydrogen) atoms. The molecule has 9 nitrogen and oxygen atoms in total. The number of nitrogen functional groups attached to an aromatic ring is 1. The number of piperidine rings is 1. The maximum absolute atomic E-state index is 14.9. The minimum Gasteiger partial charge on any atom is -0.444 e. The Bertz CT molecular complexity index is 1510. The lowest BCUT2D eigenvalue weighted by atomic mass is 10.1. The molecule has 3 N–H and O–H groups in total. The zero-order valence-electron chi connectivity index (χ0n) is 22.1. The molecule has 10 heteroatoms. The fraction of sp³-hybridized carbons (Fsp3) is 0.310. The van der Waals surface area contributed by atoms with Gasteiger partial charge in [0.15, 0.2) is 11.6 Å². The van der Waals surface area contributed by atoms with Gasteiger partial charge in [-0.15, -0.1) is 0 Å². The summed E-state index contributed by atoms with van der Waals surface area (Å²) in [6.07, 6.45) is 4.57. The summed E-state index contributed by atoms with van der Waals surface area (Å²) in [4.78, 5) is 27.7. The van der Waals surface area contributed by atoms with Gasteiger partial charge in [-0.2, -0.15) is 0 Å². The first-order valence-electron chi connectivity index (χ1n) is 12.9. The second-order valence-electron chi connectivity index (χ2n) is 10.5. The van der Waals surface area contributed by atoms with Crippen LogP contribution < -0.4 is 15.8 Å². The predicted octanol–water partition coefficient (Wildman–Crippen LogP) is 6.02. The van der Waals surface area contributed by atoms with Gasteiger partial charge in [-0.1, -0.05) is 12.1 Å². The third-order valence-corrected chi connectivity index (χ3v) is 6.31. The van der Waals surface area contributed by atoms with Crippen molar-refractivity contribution < 1.29 is 18.7 Å². The number of anilines is 2. The van der Waals surface area contributed by atoms with Crippen molar-refractivity contribution in [2.24, 2.45) is 0 Å². The average Bonchev–Trinajstić information content (AvgIpc) is 2.90. The van der Waals surface area contributed by atoms with E-state index in [1.807, 2.05) is 20.8 Å². The van der Waals surface area contributed by atoms with Gasteiger partial charge >= 0.3 is 6.09 Å². The molecule has 1 saturated heterocycles. The number of hydrogen-bond acceptors (Lipinski definition) is 8. The highest BCUT2D eigenvalue weighted by Gasteiger charge is 2.28. The number of halogens is 1. The van der Waals surface area contributed by atoms with Crippen LogP contribution >= 0.6 is 0 Å². The Hall–Kier alpha value is -4.47. The van der Waals surface area contributed by atoms with Crippen molar-refractivity contribution in [1.82, 2.24) is 19.9 Å². The second-order valence-corrected chi connectivity index (χ2v) is 10.5. The Labute approximate surface area is 226 Å². The van der Waals surface area contributed by atoms with E-state index >= 15 is 0 Å². The fourth-order valence-electron chi connectivity index (χ4n) is 4.54. The molecule has 0 spiro atoms. The van der Waals surface area contributed by atoms with Crippen molar-refractivity contribution >= 4 is 28.5 Å². The Kier molecular flexibility index (Phi) is 7.19. The first-order valence-corrected chi connectivity index (χ1v) is 12.9. The van der Waals surface area contributed by atoms with Gasteiger partial charge in [-0.05, 0) is 70.0 Å². The van der Waals surface area contributed by atoms with Crippen molar-refractivity contribution in [2.75, 3.05) is 24.1 Å².